The molecule has 1 aliphatic rings. The maximum atomic E-state index is 6.19. The molecular weight excluding hydrogens is 218 g/mol. The summed E-state index contributed by atoms with van der Waals surface area (Å²) in [6.45, 7) is 5.68. The van der Waals surface area contributed by atoms with E-state index in [9.17, 15) is 0 Å². The molecule has 0 aliphatic heterocycles. The summed E-state index contributed by atoms with van der Waals surface area (Å²) in [6, 6.07) is 8.19. The zero-order valence-electron chi connectivity index (χ0n) is 9.95. The number of hydrogen-bond donors (Lipinski definition) is 0. The molecule has 0 heterocycles. The molecule has 2 heteroatoms. The summed E-state index contributed by atoms with van der Waals surface area (Å²) in [7, 11) is 0. The lowest BCUT2D eigenvalue weighted by molar-refractivity contribution is 0.255. The molecule has 0 aromatic heterocycles. The van der Waals surface area contributed by atoms with Gasteiger partial charge in [0.2, 0.25) is 0 Å². The fourth-order valence-corrected chi connectivity index (χ4v) is 2.28. The first kappa shape index (κ1) is 11.9. The monoisotopic (exact) mass is 237 g/mol. The molecule has 0 unspecified atom stereocenters. The van der Waals surface area contributed by atoms with Crippen LogP contribution in [0.5, 0.6) is 0 Å². The van der Waals surface area contributed by atoms with Gasteiger partial charge >= 0.3 is 0 Å². The Bertz CT molecular complexity index is 333. The van der Waals surface area contributed by atoms with Crippen LogP contribution in [-0.4, -0.2) is 18.0 Å². The molecule has 0 bridgehead atoms. The molecule has 1 fully saturated rings. The lowest BCUT2D eigenvalue weighted by Gasteiger charge is -2.22. The van der Waals surface area contributed by atoms with Crippen LogP contribution in [0.2, 0.25) is 5.02 Å². The molecule has 0 amide bonds. The van der Waals surface area contributed by atoms with Crippen molar-refractivity contribution in [3.8, 4) is 0 Å². The van der Waals surface area contributed by atoms with Gasteiger partial charge in [-0.3, -0.25) is 4.90 Å². The van der Waals surface area contributed by atoms with E-state index < -0.39 is 0 Å². The lowest BCUT2D eigenvalue weighted by Crippen LogP contribution is -2.26. The van der Waals surface area contributed by atoms with Gasteiger partial charge in [-0.25, -0.2) is 0 Å². The molecule has 1 aromatic carbocycles. The first-order valence-corrected chi connectivity index (χ1v) is 6.63. The molecule has 2 rings (SSSR count). The largest absolute Gasteiger partial charge is 0.299 e. The first-order valence-electron chi connectivity index (χ1n) is 6.25. The summed E-state index contributed by atoms with van der Waals surface area (Å²) in [5.41, 5.74) is 1.26. The topological polar surface area (TPSA) is 3.24 Å². The van der Waals surface area contributed by atoms with Crippen LogP contribution in [-0.2, 0) is 6.54 Å². The fourth-order valence-electron chi connectivity index (χ4n) is 2.08. The Morgan fingerprint density at radius 1 is 1.31 bits per heavy atom. The van der Waals surface area contributed by atoms with Crippen molar-refractivity contribution in [2.24, 2.45) is 5.92 Å². The summed E-state index contributed by atoms with van der Waals surface area (Å²) < 4.78 is 0. The number of hydrogen-bond acceptors (Lipinski definition) is 1. The van der Waals surface area contributed by atoms with Crippen LogP contribution in [0.25, 0.3) is 0 Å². The summed E-state index contributed by atoms with van der Waals surface area (Å²) in [5, 5.41) is 0.902. The second-order valence-corrected chi connectivity index (χ2v) is 5.18. The standard InChI is InChI=1S/C14H20ClN/c1-2-9-16(10-12-7-8-12)11-13-5-3-4-6-14(13)15/h3-6,12H,2,7-11H2,1H3. The van der Waals surface area contributed by atoms with E-state index in [2.05, 4.69) is 24.0 Å². The lowest BCUT2D eigenvalue weighted by atomic mass is 10.2. The predicted molar refractivity (Wildman–Crippen MR) is 69.7 cm³/mol. The van der Waals surface area contributed by atoms with Gasteiger partial charge in [-0.15, -0.1) is 0 Å². The highest BCUT2D eigenvalue weighted by molar-refractivity contribution is 6.31. The molecule has 16 heavy (non-hydrogen) atoms. The van der Waals surface area contributed by atoms with Crippen LogP contribution >= 0.6 is 11.6 Å². The third-order valence-corrected chi connectivity index (χ3v) is 3.47. The van der Waals surface area contributed by atoms with Crippen molar-refractivity contribution in [1.29, 1.82) is 0 Å². The molecule has 0 saturated heterocycles. The van der Waals surface area contributed by atoms with Crippen LogP contribution in [0.3, 0.4) is 0 Å². The Balaban J connectivity index is 1.95. The van der Waals surface area contributed by atoms with E-state index in [1.807, 2.05) is 12.1 Å². The minimum Gasteiger partial charge on any atom is -0.299 e. The number of benzene rings is 1. The SMILES string of the molecule is CCCN(Cc1ccccc1Cl)CC1CC1. The minimum atomic E-state index is 0.902. The highest BCUT2D eigenvalue weighted by Crippen LogP contribution is 2.30. The molecule has 1 saturated carbocycles. The molecule has 0 N–H and O–H groups in total. The Morgan fingerprint density at radius 2 is 2.06 bits per heavy atom. The van der Waals surface area contributed by atoms with Crippen molar-refractivity contribution < 1.29 is 0 Å². The number of halogens is 1. The molecule has 1 aliphatic carbocycles. The third kappa shape index (κ3) is 3.50. The van der Waals surface area contributed by atoms with Crippen LogP contribution in [0.1, 0.15) is 31.7 Å². The number of nitrogens with zero attached hydrogens (tertiary/aromatic N) is 1. The molecule has 0 spiro atoms. The molecule has 0 radical (unpaired) electrons. The quantitative estimate of drug-likeness (QED) is 0.724. The fraction of sp³-hybridized carbons (Fsp3) is 0.571. The minimum absolute atomic E-state index is 0.902. The van der Waals surface area contributed by atoms with E-state index in [1.165, 1.54) is 37.9 Å². The highest BCUT2D eigenvalue weighted by Gasteiger charge is 2.24. The average Bonchev–Trinajstić information content (AvgIpc) is 3.06. The zero-order valence-corrected chi connectivity index (χ0v) is 10.7. The predicted octanol–water partition coefficient (Wildman–Crippen LogP) is 3.96. The second-order valence-electron chi connectivity index (χ2n) is 4.77. The van der Waals surface area contributed by atoms with Crippen LogP contribution in [0, 0.1) is 5.92 Å². The Labute approximate surface area is 103 Å². The van der Waals surface area contributed by atoms with E-state index in [0.29, 0.717) is 0 Å². The van der Waals surface area contributed by atoms with Crippen molar-refractivity contribution in [1.82, 2.24) is 4.90 Å². The highest BCUT2D eigenvalue weighted by atomic mass is 35.5. The van der Waals surface area contributed by atoms with Gasteiger partial charge in [0.1, 0.15) is 0 Å². The Hall–Kier alpha value is -0.530. The maximum Gasteiger partial charge on any atom is 0.0451 e. The Kier molecular flexibility index (Phi) is 4.25. The molecule has 1 aromatic rings. The van der Waals surface area contributed by atoms with Crippen molar-refractivity contribution >= 4 is 11.6 Å². The van der Waals surface area contributed by atoms with Gasteiger partial charge in [0.15, 0.2) is 0 Å². The van der Waals surface area contributed by atoms with E-state index in [1.54, 1.807) is 0 Å². The molecule has 0 atom stereocenters. The van der Waals surface area contributed by atoms with E-state index in [-0.39, 0.29) is 0 Å². The van der Waals surface area contributed by atoms with Gasteiger partial charge in [-0.1, -0.05) is 36.7 Å². The second kappa shape index (κ2) is 5.70. The summed E-state index contributed by atoms with van der Waals surface area (Å²) in [6.07, 6.45) is 4.06. The van der Waals surface area contributed by atoms with E-state index in [4.69, 9.17) is 11.6 Å². The van der Waals surface area contributed by atoms with Gasteiger partial charge < -0.3 is 0 Å². The van der Waals surface area contributed by atoms with Gasteiger partial charge in [-0.05, 0) is 43.4 Å². The van der Waals surface area contributed by atoms with E-state index in [0.717, 1.165) is 17.5 Å². The van der Waals surface area contributed by atoms with E-state index >= 15 is 0 Å². The number of rotatable bonds is 6. The normalized spacial score (nSPS) is 15.7. The van der Waals surface area contributed by atoms with Crippen molar-refractivity contribution in [3.05, 3.63) is 34.9 Å². The smallest absolute Gasteiger partial charge is 0.0451 e. The maximum absolute atomic E-state index is 6.19. The van der Waals surface area contributed by atoms with Gasteiger partial charge in [0, 0.05) is 18.1 Å². The Morgan fingerprint density at radius 3 is 2.69 bits per heavy atom. The third-order valence-electron chi connectivity index (χ3n) is 3.10. The van der Waals surface area contributed by atoms with Crippen LogP contribution in [0.4, 0.5) is 0 Å². The zero-order chi connectivity index (χ0) is 11.4. The van der Waals surface area contributed by atoms with Gasteiger partial charge in [0.05, 0.1) is 0 Å². The average molecular weight is 238 g/mol. The van der Waals surface area contributed by atoms with Gasteiger partial charge in [-0.2, -0.15) is 0 Å². The molecule has 1 nitrogen and oxygen atoms in total. The van der Waals surface area contributed by atoms with Crippen molar-refractivity contribution in [2.45, 2.75) is 32.7 Å². The molecular formula is C14H20ClN. The summed E-state index contributed by atoms with van der Waals surface area (Å²) in [5.74, 6) is 0.953. The van der Waals surface area contributed by atoms with Crippen molar-refractivity contribution in [3.63, 3.8) is 0 Å². The van der Waals surface area contributed by atoms with Crippen molar-refractivity contribution in [2.75, 3.05) is 13.1 Å². The summed E-state index contributed by atoms with van der Waals surface area (Å²) >= 11 is 6.19. The first-order chi connectivity index (χ1) is 7.79. The van der Waals surface area contributed by atoms with Crippen LogP contribution in [0.15, 0.2) is 24.3 Å². The van der Waals surface area contributed by atoms with Gasteiger partial charge in [0.25, 0.3) is 0 Å². The summed E-state index contributed by atoms with van der Waals surface area (Å²) in [4.78, 5) is 2.54. The molecule has 88 valence electrons. The van der Waals surface area contributed by atoms with Crippen LogP contribution < -0.4 is 0 Å².